The zero-order chi connectivity index (χ0) is 19.4. The van der Waals surface area contributed by atoms with E-state index in [-0.39, 0.29) is 17.3 Å². The van der Waals surface area contributed by atoms with Gasteiger partial charge in [0.1, 0.15) is 0 Å². The maximum Gasteiger partial charge on any atom is 0.241 e. The highest BCUT2D eigenvalue weighted by Gasteiger charge is 2.38. The number of nitrogens with zero attached hydrogens (tertiary/aromatic N) is 1. The second kappa shape index (κ2) is 8.45. The third-order valence-electron chi connectivity index (χ3n) is 4.98. The number of sulfonamides is 1. The standard InChI is InChI=1S/C18H27N3O5S/c1-3-25-16-6-5-15(7-17(16)26-4-2)27(23,24)20-10-18(22)21-11-13-8-19-9-14(13)12-21/h5-7,13-14,19-20H,3-4,8-12H2,1-2H3/t13-,14+. The zero-order valence-electron chi connectivity index (χ0n) is 15.7. The second-order valence-electron chi connectivity index (χ2n) is 6.78. The number of benzene rings is 1. The largest absolute Gasteiger partial charge is 0.490 e. The molecule has 0 aliphatic carbocycles. The predicted molar refractivity (Wildman–Crippen MR) is 100 cm³/mol. The normalized spacial score (nSPS) is 21.9. The molecule has 0 saturated carbocycles. The average Bonchev–Trinajstić information content (AvgIpc) is 3.23. The summed E-state index contributed by atoms with van der Waals surface area (Å²) < 4.78 is 38.5. The van der Waals surface area contributed by atoms with Crippen molar-refractivity contribution in [3.05, 3.63) is 18.2 Å². The number of likely N-dealkylation sites (tertiary alicyclic amines) is 1. The molecule has 3 rings (SSSR count). The van der Waals surface area contributed by atoms with Crippen molar-refractivity contribution in [1.82, 2.24) is 14.9 Å². The monoisotopic (exact) mass is 397 g/mol. The van der Waals surface area contributed by atoms with E-state index in [9.17, 15) is 13.2 Å². The van der Waals surface area contributed by atoms with Crippen LogP contribution in [-0.2, 0) is 14.8 Å². The summed E-state index contributed by atoms with van der Waals surface area (Å²) in [4.78, 5) is 14.2. The Morgan fingerprint density at radius 2 is 1.78 bits per heavy atom. The molecular formula is C18H27N3O5S. The zero-order valence-corrected chi connectivity index (χ0v) is 16.5. The average molecular weight is 397 g/mol. The van der Waals surface area contributed by atoms with E-state index in [1.165, 1.54) is 12.1 Å². The lowest BCUT2D eigenvalue weighted by atomic mass is 10.0. The van der Waals surface area contributed by atoms with E-state index in [4.69, 9.17) is 9.47 Å². The topological polar surface area (TPSA) is 97.0 Å². The second-order valence-corrected chi connectivity index (χ2v) is 8.54. The summed E-state index contributed by atoms with van der Waals surface area (Å²) in [6, 6.07) is 4.44. The first-order valence-corrected chi connectivity index (χ1v) is 10.8. The Labute approximate surface area is 160 Å². The third kappa shape index (κ3) is 4.53. The summed E-state index contributed by atoms with van der Waals surface area (Å²) in [5.74, 6) is 1.62. The van der Waals surface area contributed by atoms with E-state index in [0.29, 0.717) is 49.6 Å². The summed E-state index contributed by atoms with van der Waals surface area (Å²) >= 11 is 0. The highest BCUT2D eigenvalue weighted by molar-refractivity contribution is 7.89. The Bertz CT molecular complexity index is 771. The van der Waals surface area contributed by atoms with Gasteiger partial charge in [0.05, 0.1) is 24.7 Å². The molecule has 0 radical (unpaired) electrons. The summed E-state index contributed by atoms with van der Waals surface area (Å²) in [6.45, 7) is 7.48. The molecule has 2 heterocycles. The fourth-order valence-electron chi connectivity index (χ4n) is 3.61. The Morgan fingerprint density at radius 3 is 2.41 bits per heavy atom. The number of hydrogen-bond donors (Lipinski definition) is 2. The minimum Gasteiger partial charge on any atom is -0.490 e. The Hall–Kier alpha value is -1.84. The summed E-state index contributed by atoms with van der Waals surface area (Å²) in [5.41, 5.74) is 0. The first kappa shape index (κ1) is 19.9. The van der Waals surface area contributed by atoms with Crippen LogP contribution in [-0.4, -0.2) is 65.2 Å². The van der Waals surface area contributed by atoms with Gasteiger partial charge < -0.3 is 19.7 Å². The van der Waals surface area contributed by atoms with Crippen molar-refractivity contribution in [3.8, 4) is 11.5 Å². The Morgan fingerprint density at radius 1 is 1.15 bits per heavy atom. The van der Waals surface area contributed by atoms with E-state index >= 15 is 0 Å². The van der Waals surface area contributed by atoms with E-state index in [1.54, 1.807) is 11.0 Å². The minimum absolute atomic E-state index is 0.0460. The molecule has 150 valence electrons. The highest BCUT2D eigenvalue weighted by atomic mass is 32.2. The lowest BCUT2D eigenvalue weighted by molar-refractivity contribution is -0.129. The number of fused-ring (bicyclic) bond motifs is 1. The van der Waals surface area contributed by atoms with Crippen LogP contribution in [0.2, 0.25) is 0 Å². The predicted octanol–water partition coefficient (Wildman–Crippen LogP) is 0.440. The van der Waals surface area contributed by atoms with Crippen LogP contribution in [0, 0.1) is 11.8 Å². The van der Waals surface area contributed by atoms with Crippen LogP contribution in [0.3, 0.4) is 0 Å². The number of hydrogen-bond acceptors (Lipinski definition) is 6. The number of ether oxygens (including phenoxy) is 2. The SMILES string of the molecule is CCOc1ccc(S(=O)(=O)NCC(=O)N2C[C@H]3CNC[C@H]3C2)cc1OCC. The van der Waals surface area contributed by atoms with E-state index in [1.807, 2.05) is 13.8 Å². The molecular weight excluding hydrogens is 370 g/mol. The highest BCUT2D eigenvalue weighted by Crippen LogP contribution is 2.30. The molecule has 2 fully saturated rings. The van der Waals surface area contributed by atoms with Crippen molar-refractivity contribution in [3.63, 3.8) is 0 Å². The first-order valence-electron chi connectivity index (χ1n) is 9.32. The molecule has 2 atom stereocenters. The van der Waals surface area contributed by atoms with Crippen LogP contribution < -0.4 is 19.5 Å². The molecule has 1 aromatic rings. The van der Waals surface area contributed by atoms with Gasteiger partial charge in [-0.05, 0) is 37.8 Å². The molecule has 2 N–H and O–H groups in total. The lowest BCUT2D eigenvalue weighted by Gasteiger charge is -2.18. The number of rotatable bonds is 8. The summed E-state index contributed by atoms with van der Waals surface area (Å²) in [6.07, 6.45) is 0. The van der Waals surface area contributed by atoms with Crippen molar-refractivity contribution in [1.29, 1.82) is 0 Å². The van der Waals surface area contributed by atoms with Crippen molar-refractivity contribution < 1.29 is 22.7 Å². The lowest BCUT2D eigenvalue weighted by Crippen LogP contribution is -2.40. The van der Waals surface area contributed by atoms with E-state index in [2.05, 4.69) is 10.0 Å². The Balaban J connectivity index is 1.64. The molecule has 0 unspecified atom stereocenters. The number of amides is 1. The van der Waals surface area contributed by atoms with Crippen LogP contribution in [0.15, 0.2) is 23.1 Å². The summed E-state index contributed by atoms with van der Waals surface area (Å²) in [7, 11) is -3.82. The molecule has 2 saturated heterocycles. The van der Waals surface area contributed by atoms with Crippen LogP contribution in [0.25, 0.3) is 0 Å². The van der Waals surface area contributed by atoms with Gasteiger partial charge in [-0.3, -0.25) is 4.79 Å². The van der Waals surface area contributed by atoms with Crippen LogP contribution >= 0.6 is 0 Å². The fraction of sp³-hybridized carbons (Fsp3) is 0.611. The van der Waals surface area contributed by atoms with Crippen molar-refractivity contribution in [2.24, 2.45) is 11.8 Å². The number of nitrogens with one attached hydrogen (secondary N) is 2. The van der Waals surface area contributed by atoms with Gasteiger partial charge >= 0.3 is 0 Å². The van der Waals surface area contributed by atoms with Gasteiger partial charge in [-0.1, -0.05) is 0 Å². The smallest absolute Gasteiger partial charge is 0.241 e. The molecule has 0 aromatic heterocycles. The molecule has 1 aromatic carbocycles. The molecule has 8 nitrogen and oxygen atoms in total. The van der Waals surface area contributed by atoms with E-state index < -0.39 is 10.0 Å². The van der Waals surface area contributed by atoms with Gasteiger partial charge in [0.15, 0.2) is 11.5 Å². The number of carbonyl (C=O) groups is 1. The van der Waals surface area contributed by atoms with Crippen molar-refractivity contribution in [2.75, 3.05) is 45.9 Å². The molecule has 0 bridgehead atoms. The molecule has 1 amide bonds. The molecule has 2 aliphatic rings. The molecule has 9 heteroatoms. The van der Waals surface area contributed by atoms with Crippen molar-refractivity contribution >= 4 is 15.9 Å². The van der Waals surface area contributed by atoms with Crippen molar-refractivity contribution in [2.45, 2.75) is 18.7 Å². The van der Waals surface area contributed by atoms with Gasteiger partial charge in [-0.15, -0.1) is 0 Å². The van der Waals surface area contributed by atoms with Gasteiger partial charge in [-0.2, -0.15) is 0 Å². The van der Waals surface area contributed by atoms with Gasteiger partial charge in [0.2, 0.25) is 15.9 Å². The number of carbonyl (C=O) groups excluding carboxylic acids is 1. The minimum atomic E-state index is -3.82. The third-order valence-corrected chi connectivity index (χ3v) is 6.38. The first-order chi connectivity index (χ1) is 12.9. The van der Waals surface area contributed by atoms with Gasteiger partial charge in [0.25, 0.3) is 0 Å². The van der Waals surface area contributed by atoms with Crippen LogP contribution in [0.5, 0.6) is 11.5 Å². The summed E-state index contributed by atoms with van der Waals surface area (Å²) in [5, 5.41) is 3.32. The van der Waals surface area contributed by atoms with Gasteiger partial charge in [-0.25, -0.2) is 13.1 Å². The van der Waals surface area contributed by atoms with Crippen LogP contribution in [0.1, 0.15) is 13.8 Å². The Kier molecular flexibility index (Phi) is 6.23. The van der Waals surface area contributed by atoms with E-state index in [0.717, 1.165) is 13.1 Å². The maximum absolute atomic E-state index is 12.6. The molecule has 2 aliphatic heterocycles. The maximum atomic E-state index is 12.6. The quantitative estimate of drug-likeness (QED) is 0.661. The van der Waals surface area contributed by atoms with Gasteiger partial charge in [0, 0.05) is 32.2 Å². The van der Waals surface area contributed by atoms with Crippen LogP contribution in [0.4, 0.5) is 0 Å². The fourth-order valence-corrected chi connectivity index (χ4v) is 4.60. The molecule has 27 heavy (non-hydrogen) atoms. The molecule has 0 spiro atoms.